The predicted molar refractivity (Wildman–Crippen MR) is 85.8 cm³/mol. The van der Waals surface area contributed by atoms with Gasteiger partial charge < -0.3 is 26.9 Å². The van der Waals surface area contributed by atoms with E-state index in [1.807, 2.05) is 6.92 Å². The van der Waals surface area contributed by atoms with E-state index in [9.17, 15) is 9.59 Å². The summed E-state index contributed by atoms with van der Waals surface area (Å²) in [5, 5.41) is 0. The molecule has 8 nitrogen and oxygen atoms in total. The van der Waals surface area contributed by atoms with Gasteiger partial charge in [-0.3, -0.25) is 9.59 Å². The summed E-state index contributed by atoms with van der Waals surface area (Å²) in [6.45, 7) is 2.22. The molecule has 0 aliphatic carbocycles. The van der Waals surface area contributed by atoms with Gasteiger partial charge in [0.25, 0.3) is 5.56 Å². The number of ether oxygens (including phenoxy) is 1. The van der Waals surface area contributed by atoms with Crippen LogP contribution >= 0.6 is 0 Å². The van der Waals surface area contributed by atoms with Crippen molar-refractivity contribution in [2.24, 2.45) is 5.73 Å². The van der Waals surface area contributed by atoms with Crippen LogP contribution in [0.5, 0.6) is 5.75 Å². The van der Waals surface area contributed by atoms with E-state index in [1.165, 1.54) is 7.05 Å². The van der Waals surface area contributed by atoms with Crippen molar-refractivity contribution < 1.29 is 9.53 Å². The van der Waals surface area contributed by atoms with Gasteiger partial charge in [0.05, 0.1) is 12.2 Å². The van der Waals surface area contributed by atoms with E-state index in [0.29, 0.717) is 29.8 Å². The zero-order valence-electron chi connectivity index (χ0n) is 12.4. The van der Waals surface area contributed by atoms with Gasteiger partial charge in [-0.2, -0.15) is 0 Å². The van der Waals surface area contributed by atoms with Gasteiger partial charge in [0, 0.05) is 5.56 Å². The number of hydrogen-bond acceptors (Lipinski definition) is 7. The first-order valence-electron chi connectivity index (χ1n) is 6.52. The van der Waals surface area contributed by atoms with Crippen molar-refractivity contribution in [3.8, 4) is 17.1 Å². The minimum absolute atomic E-state index is 0.0503. The SMILES string of the molecule is CCOc1cc(C=O)ccc1-c1nc(N)c(N)c(=O)[nH]1.CN. The van der Waals surface area contributed by atoms with Crippen LogP contribution in [0, 0.1) is 0 Å². The average Bonchev–Trinajstić information content (AvgIpc) is 2.54. The average molecular weight is 305 g/mol. The van der Waals surface area contributed by atoms with Crippen LogP contribution in [-0.4, -0.2) is 29.9 Å². The molecular formula is C14H19N5O3. The maximum Gasteiger partial charge on any atom is 0.276 e. The minimum atomic E-state index is -0.519. The van der Waals surface area contributed by atoms with E-state index in [2.05, 4.69) is 15.7 Å². The Morgan fingerprint density at radius 1 is 1.32 bits per heavy atom. The van der Waals surface area contributed by atoms with Crippen LogP contribution in [0.25, 0.3) is 11.4 Å². The van der Waals surface area contributed by atoms with E-state index in [4.69, 9.17) is 16.2 Å². The van der Waals surface area contributed by atoms with Gasteiger partial charge in [-0.25, -0.2) is 4.98 Å². The number of anilines is 2. The number of hydrogen-bond donors (Lipinski definition) is 4. The highest BCUT2D eigenvalue weighted by Gasteiger charge is 2.12. The zero-order valence-corrected chi connectivity index (χ0v) is 12.4. The molecule has 0 spiro atoms. The number of carbonyl (C=O) groups is 1. The van der Waals surface area contributed by atoms with E-state index < -0.39 is 5.56 Å². The van der Waals surface area contributed by atoms with E-state index in [0.717, 1.165) is 0 Å². The molecule has 0 fully saturated rings. The molecule has 0 amide bonds. The number of nitrogens with zero attached hydrogens (tertiary/aromatic N) is 1. The molecule has 0 saturated carbocycles. The molecule has 0 radical (unpaired) electrons. The molecule has 2 aromatic rings. The van der Waals surface area contributed by atoms with E-state index in [-0.39, 0.29) is 17.3 Å². The van der Waals surface area contributed by atoms with Crippen molar-refractivity contribution in [2.45, 2.75) is 6.92 Å². The fourth-order valence-electron chi connectivity index (χ4n) is 1.71. The number of aromatic nitrogens is 2. The third-order valence-electron chi connectivity index (χ3n) is 2.68. The Labute approximate surface area is 127 Å². The van der Waals surface area contributed by atoms with Crippen molar-refractivity contribution in [1.82, 2.24) is 9.97 Å². The molecule has 7 N–H and O–H groups in total. The zero-order chi connectivity index (χ0) is 16.7. The molecule has 8 heteroatoms. The van der Waals surface area contributed by atoms with Crippen LogP contribution in [0.4, 0.5) is 11.5 Å². The van der Waals surface area contributed by atoms with Gasteiger partial charge in [-0.1, -0.05) is 6.07 Å². The molecule has 1 heterocycles. The molecule has 0 unspecified atom stereocenters. The van der Waals surface area contributed by atoms with Crippen LogP contribution in [0.2, 0.25) is 0 Å². The van der Waals surface area contributed by atoms with Gasteiger partial charge in [0.15, 0.2) is 5.82 Å². The normalized spacial score (nSPS) is 9.59. The Hall–Kier alpha value is -2.87. The lowest BCUT2D eigenvalue weighted by Crippen LogP contribution is -2.17. The largest absolute Gasteiger partial charge is 0.493 e. The summed E-state index contributed by atoms with van der Waals surface area (Å²) in [4.78, 5) is 29.0. The Bertz CT molecular complexity index is 712. The fraction of sp³-hybridized carbons (Fsp3) is 0.214. The Morgan fingerprint density at radius 2 is 2.00 bits per heavy atom. The number of aldehydes is 1. The van der Waals surface area contributed by atoms with E-state index >= 15 is 0 Å². The van der Waals surface area contributed by atoms with E-state index in [1.54, 1.807) is 18.2 Å². The first-order chi connectivity index (χ1) is 10.6. The molecule has 0 atom stereocenters. The van der Waals surface area contributed by atoms with Gasteiger partial charge >= 0.3 is 0 Å². The number of rotatable bonds is 4. The number of nitrogen functional groups attached to an aromatic ring is 2. The van der Waals surface area contributed by atoms with Gasteiger partial charge in [-0.05, 0) is 26.1 Å². The third kappa shape index (κ3) is 3.61. The van der Waals surface area contributed by atoms with Crippen molar-refractivity contribution in [3.63, 3.8) is 0 Å². The number of carbonyl (C=O) groups excluding carboxylic acids is 1. The number of nitrogens with two attached hydrogens (primary N) is 3. The summed E-state index contributed by atoms with van der Waals surface area (Å²) in [5.74, 6) is 0.623. The summed E-state index contributed by atoms with van der Waals surface area (Å²) in [7, 11) is 1.50. The third-order valence-corrected chi connectivity index (χ3v) is 2.68. The molecule has 0 aliphatic rings. The van der Waals surface area contributed by atoms with Crippen molar-refractivity contribution in [2.75, 3.05) is 25.1 Å². The smallest absolute Gasteiger partial charge is 0.276 e. The monoisotopic (exact) mass is 305 g/mol. The molecule has 2 rings (SSSR count). The summed E-state index contributed by atoms with van der Waals surface area (Å²) in [6, 6.07) is 4.79. The second-order valence-corrected chi connectivity index (χ2v) is 4.02. The lowest BCUT2D eigenvalue weighted by molar-refractivity contribution is 0.112. The molecule has 118 valence electrons. The Kier molecular flexibility index (Phi) is 6.09. The highest BCUT2D eigenvalue weighted by atomic mass is 16.5. The Balaban J connectivity index is 0.00000116. The first kappa shape index (κ1) is 17.2. The highest BCUT2D eigenvalue weighted by Crippen LogP contribution is 2.28. The Morgan fingerprint density at radius 3 is 2.55 bits per heavy atom. The lowest BCUT2D eigenvalue weighted by atomic mass is 10.1. The van der Waals surface area contributed by atoms with Gasteiger partial charge in [-0.15, -0.1) is 0 Å². The number of nitrogens with one attached hydrogen (secondary N) is 1. The minimum Gasteiger partial charge on any atom is -0.493 e. The molecule has 0 aliphatic heterocycles. The fourth-order valence-corrected chi connectivity index (χ4v) is 1.71. The van der Waals surface area contributed by atoms with Crippen molar-refractivity contribution in [1.29, 1.82) is 0 Å². The second-order valence-electron chi connectivity index (χ2n) is 4.02. The molecule has 0 bridgehead atoms. The first-order valence-corrected chi connectivity index (χ1v) is 6.52. The molecule has 1 aromatic heterocycles. The summed E-state index contributed by atoms with van der Waals surface area (Å²) < 4.78 is 5.45. The standard InChI is InChI=1S/C13H14N4O3.CH5N/c1-2-20-9-5-7(6-18)3-4-8(9)12-16-11(15)10(14)13(19)17-12;1-2/h3-6H,2,14H2,1H3,(H3,15,16,17,19);2H2,1H3. The van der Waals surface area contributed by atoms with Crippen molar-refractivity contribution >= 4 is 17.8 Å². The van der Waals surface area contributed by atoms with Crippen molar-refractivity contribution in [3.05, 3.63) is 34.1 Å². The molecule has 1 aromatic carbocycles. The quantitative estimate of drug-likeness (QED) is 0.596. The number of aromatic amines is 1. The topological polar surface area (TPSA) is 150 Å². The summed E-state index contributed by atoms with van der Waals surface area (Å²) >= 11 is 0. The van der Waals surface area contributed by atoms with Crippen LogP contribution in [-0.2, 0) is 0 Å². The number of H-pyrrole nitrogens is 1. The van der Waals surface area contributed by atoms with Crippen LogP contribution in [0.3, 0.4) is 0 Å². The maximum atomic E-state index is 11.6. The van der Waals surface area contributed by atoms with Gasteiger partial charge in [0.1, 0.15) is 23.5 Å². The molecule has 22 heavy (non-hydrogen) atoms. The van der Waals surface area contributed by atoms with Crippen LogP contribution in [0.15, 0.2) is 23.0 Å². The number of benzene rings is 1. The van der Waals surface area contributed by atoms with Crippen LogP contribution < -0.4 is 27.5 Å². The van der Waals surface area contributed by atoms with Crippen LogP contribution in [0.1, 0.15) is 17.3 Å². The predicted octanol–water partition coefficient (Wildman–Crippen LogP) is 0.387. The van der Waals surface area contributed by atoms with Gasteiger partial charge in [0.2, 0.25) is 0 Å². The molecular weight excluding hydrogens is 286 g/mol. The summed E-state index contributed by atoms with van der Waals surface area (Å²) in [5.41, 5.74) is 15.9. The maximum absolute atomic E-state index is 11.6. The highest BCUT2D eigenvalue weighted by molar-refractivity contribution is 5.79. The molecule has 0 saturated heterocycles. The second kappa shape index (κ2) is 7.79. The lowest BCUT2D eigenvalue weighted by Gasteiger charge is -2.11. The summed E-state index contributed by atoms with van der Waals surface area (Å²) in [6.07, 6.45) is 0.708.